The molecule has 11 nitrogen and oxygen atoms in total. The minimum Gasteiger partial charge on any atom is -0.506 e. The first-order chi connectivity index (χ1) is 12.5. The lowest BCUT2D eigenvalue weighted by Gasteiger charge is -2.15. The van der Waals surface area contributed by atoms with Crippen molar-refractivity contribution in [1.82, 2.24) is 15.6 Å². The standard InChI is InChI=1S/C15H24N3O8P/c1-9-14(20)12(11(6-17-9)8-26-27(23,24)25)7-16-5-3-4-13(15(21)22)18-10(2)19/h6,13,16,20H,3-5,7-8H2,1-2H3,(H,18,19)(H,21,22)(H2,23,24,25)/t13-/m0/s1. The van der Waals surface area contributed by atoms with Crippen LogP contribution in [0.5, 0.6) is 5.75 Å². The van der Waals surface area contributed by atoms with Crippen molar-refractivity contribution in [3.8, 4) is 5.75 Å². The monoisotopic (exact) mass is 405 g/mol. The van der Waals surface area contributed by atoms with Crippen LogP contribution < -0.4 is 10.6 Å². The smallest absolute Gasteiger partial charge is 0.469 e. The summed E-state index contributed by atoms with van der Waals surface area (Å²) in [6.07, 6.45) is 2.02. The van der Waals surface area contributed by atoms with Crippen LogP contribution in [0.2, 0.25) is 0 Å². The first kappa shape index (κ1) is 23.0. The molecule has 0 aliphatic heterocycles. The molecule has 0 saturated carbocycles. The van der Waals surface area contributed by atoms with Gasteiger partial charge in [-0.1, -0.05) is 0 Å². The summed E-state index contributed by atoms with van der Waals surface area (Å²) in [6, 6.07) is -0.979. The Morgan fingerprint density at radius 3 is 2.59 bits per heavy atom. The fourth-order valence-electron chi connectivity index (χ4n) is 2.31. The van der Waals surface area contributed by atoms with Gasteiger partial charge in [0.15, 0.2) is 0 Å². The summed E-state index contributed by atoms with van der Waals surface area (Å²) in [6.45, 7) is 2.95. The fourth-order valence-corrected chi connectivity index (χ4v) is 2.61. The highest BCUT2D eigenvalue weighted by Crippen LogP contribution is 2.38. The molecular weight excluding hydrogens is 381 g/mol. The van der Waals surface area contributed by atoms with Gasteiger partial charge in [0, 0.05) is 30.8 Å². The highest BCUT2D eigenvalue weighted by molar-refractivity contribution is 7.46. The largest absolute Gasteiger partial charge is 0.506 e. The molecule has 0 bridgehead atoms. The van der Waals surface area contributed by atoms with Crippen molar-refractivity contribution in [2.75, 3.05) is 6.54 Å². The Labute approximate surface area is 156 Å². The van der Waals surface area contributed by atoms with E-state index >= 15 is 0 Å². The van der Waals surface area contributed by atoms with Crippen molar-refractivity contribution >= 4 is 19.7 Å². The number of pyridine rings is 1. The molecule has 1 amide bonds. The highest BCUT2D eigenvalue weighted by atomic mass is 31.2. The number of carbonyl (C=O) groups is 2. The second-order valence-corrected chi connectivity index (χ2v) is 7.11. The van der Waals surface area contributed by atoms with Gasteiger partial charge >= 0.3 is 13.8 Å². The van der Waals surface area contributed by atoms with Crippen LogP contribution in [0.3, 0.4) is 0 Å². The molecule has 152 valence electrons. The predicted octanol–water partition coefficient (Wildman–Crippen LogP) is 0.164. The van der Waals surface area contributed by atoms with E-state index in [0.717, 1.165) is 0 Å². The van der Waals surface area contributed by atoms with Crippen LogP contribution in [0.1, 0.15) is 36.6 Å². The number of carboxylic acids is 1. The van der Waals surface area contributed by atoms with E-state index in [9.17, 15) is 19.3 Å². The molecule has 1 atom stereocenters. The van der Waals surface area contributed by atoms with Crippen LogP contribution in [0.15, 0.2) is 6.20 Å². The van der Waals surface area contributed by atoms with Gasteiger partial charge in [0.25, 0.3) is 0 Å². The first-order valence-corrected chi connectivity index (χ1v) is 9.61. The molecule has 0 aliphatic carbocycles. The van der Waals surface area contributed by atoms with Gasteiger partial charge in [0.1, 0.15) is 11.8 Å². The Morgan fingerprint density at radius 2 is 2.04 bits per heavy atom. The normalized spacial score (nSPS) is 12.6. The summed E-state index contributed by atoms with van der Waals surface area (Å²) in [4.78, 5) is 43.6. The Bertz CT molecular complexity index is 721. The van der Waals surface area contributed by atoms with E-state index < -0.39 is 32.3 Å². The van der Waals surface area contributed by atoms with E-state index in [1.54, 1.807) is 6.92 Å². The van der Waals surface area contributed by atoms with Gasteiger partial charge in [-0.3, -0.25) is 14.3 Å². The molecule has 1 aromatic rings. The minimum absolute atomic E-state index is 0.115. The van der Waals surface area contributed by atoms with Crippen molar-refractivity contribution in [3.63, 3.8) is 0 Å². The molecule has 1 aromatic heterocycles. The second-order valence-electron chi connectivity index (χ2n) is 5.87. The van der Waals surface area contributed by atoms with Gasteiger partial charge < -0.3 is 30.6 Å². The number of aromatic hydroxyl groups is 1. The van der Waals surface area contributed by atoms with E-state index in [0.29, 0.717) is 29.8 Å². The average molecular weight is 405 g/mol. The molecule has 1 heterocycles. The molecule has 27 heavy (non-hydrogen) atoms. The molecule has 12 heteroatoms. The number of carbonyl (C=O) groups excluding carboxylic acids is 1. The van der Waals surface area contributed by atoms with Crippen LogP contribution in [0.25, 0.3) is 0 Å². The topological polar surface area (TPSA) is 178 Å². The van der Waals surface area contributed by atoms with Crippen molar-refractivity contribution in [2.45, 2.75) is 45.9 Å². The van der Waals surface area contributed by atoms with Gasteiger partial charge in [-0.25, -0.2) is 9.36 Å². The molecule has 0 spiro atoms. The Balaban J connectivity index is 2.62. The number of nitrogens with one attached hydrogen (secondary N) is 2. The highest BCUT2D eigenvalue weighted by Gasteiger charge is 2.19. The molecule has 1 rings (SSSR count). The molecule has 0 fully saturated rings. The van der Waals surface area contributed by atoms with Crippen molar-refractivity contribution in [2.24, 2.45) is 0 Å². The lowest BCUT2D eigenvalue weighted by molar-refractivity contribution is -0.141. The van der Waals surface area contributed by atoms with E-state index in [2.05, 4.69) is 20.1 Å². The van der Waals surface area contributed by atoms with Crippen LogP contribution in [-0.2, 0) is 31.8 Å². The number of hydrogen-bond donors (Lipinski definition) is 6. The third-order valence-corrected chi connectivity index (χ3v) is 4.11. The number of phosphoric acid groups is 1. The number of aromatic nitrogens is 1. The second kappa shape index (κ2) is 10.3. The molecule has 0 saturated heterocycles. The fraction of sp³-hybridized carbons (Fsp3) is 0.533. The summed E-state index contributed by atoms with van der Waals surface area (Å²) in [5.41, 5.74) is 1.05. The maximum absolute atomic E-state index is 11.0. The van der Waals surface area contributed by atoms with Gasteiger partial charge in [-0.2, -0.15) is 0 Å². The number of rotatable bonds is 11. The van der Waals surface area contributed by atoms with E-state index in [1.165, 1.54) is 13.1 Å². The number of carboxylic acid groups (broad SMARTS) is 1. The quantitative estimate of drug-likeness (QED) is 0.219. The molecule has 0 aromatic carbocycles. The van der Waals surface area contributed by atoms with Gasteiger partial charge in [-0.05, 0) is 26.3 Å². The maximum Gasteiger partial charge on any atom is 0.469 e. The van der Waals surface area contributed by atoms with Crippen LogP contribution in [0.4, 0.5) is 0 Å². The molecule has 0 aliphatic rings. The third-order valence-electron chi connectivity index (χ3n) is 3.64. The van der Waals surface area contributed by atoms with Crippen LogP contribution >= 0.6 is 7.82 Å². The predicted molar refractivity (Wildman–Crippen MR) is 93.7 cm³/mol. The van der Waals surface area contributed by atoms with Crippen LogP contribution in [-0.4, -0.2) is 49.4 Å². The zero-order valence-electron chi connectivity index (χ0n) is 15.0. The molecule has 0 unspecified atom stereocenters. The third kappa shape index (κ3) is 8.46. The molecular formula is C15H24N3O8P. The first-order valence-electron chi connectivity index (χ1n) is 8.08. The maximum atomic E-state index is 11.0. The summed E-state index contributed by atoms with van der Waals surface area (Å²) in [5.74, 6) is -1.66. The van der Waals surface area contributed by atoms with E-state index in [4.69, 9.17) is 14.9 Å². The van der Waals surface area contributed by atoms with E-state index in [1.807, 2.05) is 0 Å². The van der Waals surface area contributed by atoms with Crippen molar-refractivity contribution in [1.29, 1.82) is 0 Å². The average Bonchev–Trinajstić information content (AvgIpc) is 2.54. The van der Waals surface area contributed by atoms with Gasteiger partial charge in [-0.15, -0.1) is 0 Å². The minimum atomic E-state index is -4.67. The number of aliphatic carboxylic acids is 1. The van der Waals surface area contributed by atoms with E-state index in [-0.39, 0.29) is 18.7 Å². The summed E-state index contributed by atoms with van der Waals surface area (Å²) in [7, 11) is -4.67. The lowest BCUT2D eigenvalue weighted by Crippen LogP contribution is -2.39. The zero-order chi connectivity index (χ0) is 20.6. The lowest BCUT2D eigenvalue weighted by atomic mass is 10.1. The Hall–Kier alpha value is -2.04. The number of nitrogens with zero attached hydrogens (tertiary/aromatic N) is 1. The van der Waals surface area contributed by atoms with Gasteiger partial charge in [0.05, 0.1) is 12.3 Å². The Morgan fingerprint density at radius 1 is 1.37 bits per heavy atom. The number of hydrogen-bond acceptors (Lipinski definition) is 7. The number of amides is 1. The summed E-state index contributed by atoms with van der Waals surface area (Å²) in [5, 5.41) is 24.5. The van der Waals surface area contributed by atoms with Crippen molar-refractivity contribution < 1.29 is 38.7 Å². The number of aryl methyl sites for hydroxylation is 1. The van der Waals surface area contributed by atoms with Crippen molar-refractivity contribution in [3.05, 3.63) is 23.0 Å². The molecule has 6 N–H and O–H groups in total. The molecule has 0 radical (unpaired) electrons. The zero-order valence-corrected chi connectivity index (χ0v) is 15.9. The van der Waals surface area contributed by atoms with Crippen LogP contribution in [0, 0.1) is 6.92 Å². The van der Waals surface area contributed by atoms with Gasteiger partial charge in [0.2, 0.25) is 5.91 Å². The SMILES string of the molecule is CC(=O)N[C@@H](CCCNCc1c(COP(=O)(O)O)cnc(C)c1O)C(=O)O. The summed E-state index contributed by atoms with van der Waals surface area (Å²) >= 11 is 0. The Kier molecular flexibility index (Phi) is 8.80. The summed E-state index contributed by atoms with van der Waals surface area (Å²) < 4.78 is 15.3. The number of phosphoric ester groups is 1.